The fraction of sp³-hybridized carbons (Fsp3) is 1.00. The SMILES string of the molecule is CC(CO)N(C)S(=O)(=O)C(F)(F)C(F)(F)C(F)(F)C(F)(F)F. The molecule has 1 N–H and O–H groups in total. The minimum Gasteiger partial charge on any atom is -0.395 e. The standard InChI is InChI=1S/C8H10F9NO3S/c1-4(3-19)18(2)22(20,21)8(16,17)6(11,12)5(9,10)7(13,14)15/h4,19H,3H2,1-2H3. The molecule has 0 aliphatic rings. The molecule has 0 heterocycles. The molecule has 14 heteroatoms. The Morgan fingerprint density at radius 1 is 0.955 bits per heavy atom. The predicted octanol–water partition coefficient (Wildman–Crippen LogP) is 2.05. The Morgan fingerprint density at radius 2 is 1.32 bits per heavy atom. The minimum atomic E-state index is -7.31. The van der Waals surface area contributed by atoms with Crippen LogP contribution in [-0.4, -0.2) is 60.8 Å². The largest absolute Gasteiger partial charge is 0.460 e. The molecule has 0 aromatic rings. The van der Waals surface area contributed by atoms with Gasteiger partial charge >= 0.3 is 23.3 Å². The van der Waals surface area contributed by atoms with E-state index in [0.29, 0.717) is 0 Å². The third kappa shape index (κ3) is 2.87. The van der Waals surface area contributed by atoms with E-state index in [9.17, 15) is 47.9 Å². The van der Waals surface area contributed by atoms with Gasteiger partial charge in [0.25, 0.3) is 10.0 Å². The van der Waals surface area contributed by atoms with E-state index in [1.54, 1.807) is 0 Å². The average molecular weight is 371 g/mol. The highest BCUT2D eigenvalue weighted by atomic mass is 32.2. The maximum atomic E-state index is 13.3. The second-order valence-corrected chi connectivity index (χ2v) is 6.25. The van der Waals surface area contributed by atoms with Crippen molar-refractivity contribution in [1.29, 1.82) is 0 Å². The van der Waals surface area contributed by atoms with Crippen molar-refractivity contribution in [1.82, 2.24) is 4.31 Å². The Kier molecular flexibility index (Phi) is 5.51. The highest BCUT2D eigenvalue weighted by Crippen LogP contribution is 2.55. The first-order valence-corrected chi connectivity index (χ1v) is 6.62. The number of nitrogens with zero attached hydrogens (tertiary/aromatic N) is 1. The van der Waals surface area contributed by atoms with Crippen LogP contribution in [0.1, 0.15) is 6.92 Å². The Balaban J connectivity index is 6.13. The van der Waals surface area contributed by atoms with Gasteiger partial charge in [0.05, 0.1) is 6.61 Å². The average Bonchev–Trinajstić information content (AvgIpc) is 2.34. The lowest BCUT2D eigenvalue weighted by Crippen LogP contribution is -2.65. The van der Waals surface area contributed by atoms with Crippen molar-refractivity contribution in [3.8, 4) is 0 Å². The molecule has 0 bridgehead atoms. The summed E-state index contributed by atoms with van der Waals surface area (Å²) in [4.78, 5) is 0. The van der Waals surface area contributed by atoms with Crippen LogP contribution >= 0.6 is 0 Å². The van der Waals surface area contributed by atoms with Crippen molar-refractivity contribution in [2.75, 3.05) is 13.7 Å². The Labute approximate surface area is 118 Å². The van der Waals surface area contributed by atoms with Gasteiger partial charge in [-0.15, -0.1) is 0 Å². The number of likely N-dealkylation sites (N-methyl/N-ethyl adjacent to an activating group) is 1. The monoisotopic (exact) mass is 371 g/mol. The Hall–Kier alpha value is -0.760. The van der Waals surface area contributed by atoms with Crippen LogP contribution < -0.4 is 0 Å². The van der Waals surface area contributed by atoms with Crippen LogP contribution in [0.15, 0.2) is 0 Å². The molecule has 0 radical (unpaired) electrons. The van der Waals surface area contributed by atoms with E-state index >= 15 is 0 Å². The zero-order valence-electron chi connectivity index (χ0n) is 10.8. The normalized spacial score (nSPS) is 17.0. The Bertz CT molecular complexity index is 501. The van der Waals surface area contributed by atoms with E-state index in [2.05, 4.69) is 0 Å². The van der Waals surface area contributed by atoms with Crippen molar-refractivity contribution < 1.29 is 53.0 Å². The molecule has 0 aromatic carbocycles. The zero-order valence-corrected chi connectivity index (χ0v) is 11.6. The van der Waals surface area contributed by atoms with Crippen LogP contribution in [-0.2, 0) is 10.0 Å². The van der Waals surface area contributed by atoms with E-state index < -0.39 is 50.3 Å². The minimum absolute atomic E-state index is 0.214. The van der Waals surface area contributed by atoms with Gasteiger partial charge in [0, 0.05) is 13.1 Å². The van der Waals surface area contributed by atoms with Crippen LogP contribution in [0.3, 0.4) is 0 Å². The van der Waals surface area contributed by atoms with Crippen LogP contribution in [0.25, 0.3) is 0 Å². The summed E-state index contributed by atoms with van der Waals surface area (Å²) in [6, 6.07) is -1.77. The first kappa shape index (κ1) is 21.2. The molecule has 0 aliphatic heterocycles. The van der Waals surface area contributed by atoms with Gasteiger partial charge in [0.2, 0.25) is 0 Å². The molecular formula is C8H10F9NO3S. The van der Waals surface area contributed by atoms with Crippen molar-refractivity contribution >= 4 is 10.0 Å². The number of hydrogen-bond acceptors (Lipinski definition) is 3. The fourth-order valence-corrected chi connectivity index (χ4v) is 2.41. The van der Waals surface area contributed by atoms with E-state index in [1.165, 1.54) is 0 Å². The third-order valence-electron chi connectivity index (χ3n) is 2.70. The summed E-state index contributed by atoms with van der Waals surface area (Å²) >= 11 is 0. The van der Waals surface area contributed by atoms with Crippen molar-refractivity contribution in [3.63, 3.8) is 0 Å². The highest BCUT2D eigenvalue weighted by Gasteiger charge is 2.85. The molecule has 0 aliphatic carbocycles. The van der Waals surface area contributed by atoms with Crippen molar-refractivity contribution in [3.05, 3.63) is 0 Å². The van der Waals surface area contributed by atoms with Gasteiger partial charge in [-0.2, -0.15) is 43.8 Å². The third-order valence-corrected chi connectivity index (χ3v) is 4.73. The fourth-order valence-electron chi connectivity index (χ4n) is 1.06. The summed E-state index contributed by atoms with van der Waals surface area (Å²) in [5.41, 5.74) is 0. The van der Waals surface area contributed by atoms with Crippen molar-refractivity contribution in [2.45, 2.75) is 36.2 Å². The smallest absolute Gasteiger partial charge is 0.395 e. The molecule has 0 saturated heterocycles. The number of sulfonamides is 1. The zero-order chi connectivity index (χ0) is 18.4. The first-order chi connectivity index (χ1) is 9.39. The molecule has 0 amide bonds. The molecule has 4 nitrogen and oxygen atoms in total. The number of aliphatic hydroxyl groups is 1. The molecule has 0 saturated carbocycles. The molecule has 1 unspecified atom stereocenters. The van der Waals surface area contributed by atoms with Gasteiger partial charge in [0.1, 0.15) is 0 Å². The lowest BCUT2D eigenvalue weighted by Gasteiger charge is -2.35. The number of alkyl halides is 9. The number of halogens is 9. The molecular weight excluding hydrogens is 361 g/mol. The topological polar surface area (TPSA) is 57.6 Å². The summed E-state index contributed by atoms with van der Waals surface area (Å²) in [5.74, 6) is -14.6. The highest BCUT2D eigenvalue weighted by molar-refractivity contribution is 7.90. The van der Waals surface area contributed by atoms with E-state index in [1.807, 2.05) is 0 Å². The van der Waals surface area contributed by atoms with Gasteiger partial charge in [-0.25, -0.2) is 8.42 Å². The first-order valence-electron chi connectivity index (χ1n) is 5.18. The maximum absolute atomic E-state index is 13.3. The molecule has 134 valence electrons. The summed E-state index contributed by atoms with van der Waals surface area (Å²) in [7, 11) is -6.43. The predicted molar refractivity (Wildman–Crippen MR) is 54.1 cm³/mol. The van der Waals surface area contributed by atoms with Gasteiger partial charge in [-0.1, -0.05) is 0 Å². The maximum Gasteiger partial charge on any atom is 0.460 e. The van der Waals surface area contributed by atoms with Crippen LogP contribution in [0, 0.1) is 0 Å². The van der Waals surface area contributed by atoms with Gasteiger partial charge < -0.3 is 5.11 Å². The molecule has 22 heavy (non-hydrogen) atoms. The molecule has 0 rings (SSSR count). The van der Waals surface area contributed by atoms with E-state index in [0.717, 1.165) is 6.92 Å². The van der Waals surface area contributed by atoms with Crippen LogP contribution in [0.2, 0.25) is 0 Å². The second kappa shape index (κ2) is 5.70. The summed E-state index contributed by atoms with van der Waals surface area (Å²) in [6.45, 7) is -0.444. The molecule has 1 atom stereocenters. The van der Waals surface area contributed by atoms with Crippen LogP contribution in [0.5, 0.6) is 0 Å². The summed E-state index contributed by atoms with van der Waals surface area (Å²) < 4.78 is 135. The quantitative estimate of drug-likeness (QED) is 0.728. The van der Waals surface area contributed by atoms with Gasteiger partial charge in [0.15, 0.2) is 0 Å². The van der Waals surface area contributed by atoms with Gasteiger partial charge in [-0.3, -0.25) is 0 Å². The molecule has 0 aromatic heterocycles. The summed E-state index contributed by atoms with van der Waals surface area (Å²) in [5, 5.41) is 1.78. The second-order valence-electron chi connectivity index (χ2n) is 4.22. The molecule has 0 spiro atoms. The Morgan fingerprint density at radius 3 is 1.59 bits per heavy atom. The number of rotatable bonds is 6. The lowest BCUT2D eigenvalue weighted by atomic mass is 10.1. The van der Waals surface area contributed by atoms with Crippen LogP contribution in [0.4, 0.5) is 39.5 Å². The van der Waals surface area contributed by atoms with E-state index in [-0.39, 0.29) is 7.05 Å². The van der Waals surface area contributed by atoms with Gasteiger partial charge in [-0.05, 0) is 6.92 Å². The van der Waals surface area contributed by atoms with E-state index in [4.69, 9.17) is 5.11 Å². The van der Waals surface area contributed by atoms with Crippen molar-refractivity contribution in [2.24, 2.45) is 0 Å². The number of hydrogen-bond donors (Lipinski definition) is 1. The molecule has 0 fully saturated rings. The summed E-state index contributed by atoms with van der Waals surface area (Å²) in [6.07, 6.45) is -7.11. The lowest BCUT2D eigenvalue weighted by molar-refractivity contribution is -0.382. The number of aliphatic hydroxyl groups excluding tert-OH is 1.